The summed E-state index contributed by atoms with van der Waals surface area (Å²) in [6.45, 7) is 4.18. The third-order valence-corrected chi connectivity index (χ3v) is 4.13. The lowest BCUT2D eigenvalue weighted by Crippen LogP contribution is -2.34. The third kappa shape index (κ3) is 3.17. The number of hydrogen-bond acceptors (Lipinski definition) is 1. The molecular formula is C15H21ClFN. The van der Waals surface area contributed by atoms with Crippen LogP contribution in [0.4, 0.5) is 10.1 Å². The first-order chi connectivity index (χ1) is 8.74. The van der Waals surface area contributed by atoms with E-state index in [1.54, 1.807) is 6.07 Å². The second-order valence-corrected chi connectivity index (χ2v) is 5.41. The number of nitrogens with zero attached hydrogens (tertiary/aromatic N) is 1. The fourth-order valence-electron chi connectivity index (χ4n) is 2.76. The lowest BCUT2D eigenvalue weighted by molar-refractivity contribution is 0.376. The summed E-state index contributed by atoms with van der Waals surface area (Å²) in [5.41, 5.74) is 1.58. The highest BCUT2D eigenvalue weighted by atomic mass is 35.5. The van der Waals surface area contributed by atoms with Crippen LogP contribution in [0.1, 0.15) is 38.2 Å². The van der Waals surface area contributed by atoms with Gasteiger partial charge in [0, 0.05) is 19.0 Å². The van der Waals surface area contributed by atoms with Gasteiger partial charge >= 0.3 is 0 Å². The summed E-state index contributed by atoms with van der Waals surface area (Å²) in [4.78, 5) is 2.17. The highest BCUT2D eigenvalue weighted by Crippen LogP contribution is 2.28. The van der Waals surface area contributed by atoms with E-state index in [9.17, 15) is 4.39 Å². The van der Waals surface area contributed by atoms with Gasteiger partial charge in [0.2, 0.25) is 0 Å². The summed E-state index contributed by atoms with van der Waals surface area (Å²) < 4.78 is 14.0. The summed E-state index contributed by atoms with van der Waals surface area (Å²) in [5, 5.41) is 0. The second-order valence-electron chi connectivity index (χ2n) is 5.14. The molecule has 0 aromatic heterocycles. The topological polar surface area (TPSA) is 3.24 Å². The minimum Gasteiger partial charge on any atom is -0.369 e. The normalized spacial score (nSPS) is 17.2. The van der Waals surface area contributed by atoms with Crippen molar-refractivity contribution in [2.24, 2.45) is 5.92 Å². The van der Waals surface area contributed by atoms with Crippen molar-refractivity contribution in [1.29, 1.82) is 0 Å². The number of anilines is 1. The first-order valence-corrected chi connectivity index (χ1v) is 7.37. The van der Waals surface area contributed by atoms with Crippen molar-refractivity contribution in [3.63, 3.8) is 0 Å². The molecule has 0 radical (unpaired) electrons. The molecule has 0 saturated carbocycles. The molecule has 1 saturated heterocycles. The Bertz CT molecular complexity index is 386. The summed E-state index contributed by atoms with van der Waals surface area (Å²) in [6.07, 6.45) is 4.93. The van der Waals surface area contributed by atoms with Gasteiger partial charge in [-0.3, -0.25) is 0 Å². The quantitative estimate of drug-likeness (QED) is 0.723. The molecule has 0 aliphatic carbocycles. The largest absolute Gasteiger partial charge is 0.369 e. The molecule has 0 atom stereocenters. The number of hydrogen-bond donors (Lipinski definition) is 0. The molecule has 1 aromatic carbocycles. The zero-order valence-corrected chi connectivity index (χ0v) is 11.7. The molecule has 3 heteroatoms. The highest BCUT2D eigenvalue weighted by Gasteiger charge is 2.20. The zero-order chi connectivity index (χ0) is 13.0. The Morgan fingerprint density at radius 1 is 1.33 bits per heavy atom. The van der Waals surface area contributed by atoms with Crippen LogP contribution in [0.25, 0.3) is 0 Å². The SMILES string of the molecule is CCCC1CCN(c2ccc(CCl)cc2F)CC1. The van der Waals surface area contributed by atoms with Crippen LogP contribution in [0.15, 0.2) is 18.2 Å². The Morgan fingerprint density at radius 2 is 2.06 bits per heavy atom. The van der Waals surface area contributed by atoms with E-state index >= 15 is 0 Å². The van der Waals surface area contributed by atoms with Gasteiger partial charge in [-0.25, -0.2) is 4.39 Å². The molecule has 0 amide bonds. The predicted molar refractivity (Wildman–Crippen MR) is 75.8 cm³/mol. The maximum atomic E-state index is 14.0. The molecule has 0 bridgehead atoms. The first-order valence-electron chi connectivity index (χ1n) is 6.84. The number of benzene rings is 1. The highest BCUT2D eigenvalue weighted by molar-refractivity contribution is 6.17. The Morgan fingerprint density at radius 3 is 2.61 bits per heavy atom. The van der Waals surface area contributed by atoms with Crippen molar-refractivity contribution in [1.82, 2.24) is 0 Å². The molecule has 1 fully saturated rings. The van der Waals surface area contributed by atoms with E-state index in [2.05, 4.69) is 11.8 Å². The predicted octanol–water partition coefficient (Wildman–Crippen LogP) is 4.58. The second kappa shape index (κ2) is 6.42. The maximum absolute atomic E-state index is 14.0. The summed E-state index contributed by atoms with van der Waals surface area (Å²) in [5.74, 6) is 1.06. The van der Waals surface area contributed by atoms with Gasteiger partial charge < -0.3 is 4.90 Å². The van der Waals surface area contributed by atoms with Gasteiger partial charge in [-0.05, 0) is 36.5 Å². The van der Waals surface area contributed by atoms with E-state index < -0.39 is 0 Å². The molecule has 100 valence electrons. The van der Waals surface area contributed by atoms with Gasteiger partial charge in [-0.15, -0.1) is 11.6 Å². The summed E-state index contributed by atoms with van der Waals surface area (Å²) >= 11 is 5.71. The van der Waals surface area contributed by atoms with Gasteiger partial charge in [-0.2, -0.15) is 0 Å². The average Bonchev–Trinajstić information content (AvgIpc) is 2.40. The fraction of sp³-hybridized carbons (Fsp3) is 0.600. The fourth-order valence-corrected chi connectivity index (χ4v) is 2.93. The molecule has 1 nitrogen and oxygen atoms in total. The van der Waals surface area contributed by atoms with Crippen LogP contribution in [-0.4, -0.2) is 13.1 Å². The van der Waals surface area contributed by atoms with E-state index in [1.807, 2.05) is 12.1 Å². The molecule has 0 N–H and O–H groups in total. The van der Waals surface area contributed by atoms with Crippen molar-refractivity contribution in [3.05, 3.63) is 29.6 Å². The van der Waals surface area contributed by atoms with Crippen molar-refractivity contribution < 1.29 is 4.39 Å². The summed E-state index contributed by atoms with van der Waals surface area (Å²) in [6, 6.07) is 5.34. The van der Waals surface area contributed by atoms with Crippen LogP contribution < -0.4 is 4.90 Å². The Hall–Kier alpha value is -0.760. The van der Waals surface area contributed by atoms with Gasteiger partial charge in [0.1, 0.15) is 5.82 Å². The van der Waals surface area contributed by atoms with Crippen molar-refractivity contribution >= 4 is 17.3 Å². The molecule has 0 unspecified atom stereocenters. The van der Waals surface area contributed by atoms with Gasteiger partial charge in [0.05, 0.1) is 5.69 Å². The minimum atomic E-state index is -0.137. The van der Waals surface area contributed by atoms with Gasteiger partial charge in [-0.1, -0.05) is 25.8 Å². The van der Waals surface area contributed by atoms with E-state index in [0.717, 1.165) is 30.3 Å². The number of halogens is 2. The zero-order valence-electron chi connectivity index (χ0n) is 11.0. The van der Waals surface area contributed by atoms with Crippen molar-refractivity contribution in [2.75, 3.05) is 18.0 Å². The standard InChI is InChI=1S/C15H21ClFN/c1-2-3-12-6-8-18(9-7-12)15-5-4-13(11-16)10-14(15)17/h4-5,10,12H,2-3,6-9,11H2,1H3. The van der Waals surface area contributed by atoms with E-state index in [-0.39, 0.29) is 5.82 Å². The van der Waals surface area contributed by atoms with Crippen LogP contribution in [-0.2, 0) is 5.88 Å². The third-order valence-electron chi connectivity index (χ3n) is 3.82. The summed E-state index contributed by atoms with van der Waals surface area (Å²) in [7, 11) is 0. The van der Waals surface area contributed by atoms with Crippen LogP contribution in [0.3, 0.4) is 0 Å². The molecule has 1 heterocycles. The Balaban J connectivity index is 2.01. The average molecular weight is 270 g/mol. The molecule has 1 aliphatic heterocycles. The smallest absolute Gasteiger partial charge is 0.146 e. The maximum Gasteiger partial charge on any atom is 0.146 e. The minimum absolute atomic E-state index is 0.137. The molecule has 0 spiro atoms. The number of rotatable bonds is 4. The van der Waals surface area contributed by atoms with Crippen molar-refractivity contribution in [3.8, 4) is 0 Å². The molecule has 1 aliphatic rings. The van der Waals surface area contributed by atoms with Crippen LogP contribution >= 0.6 is 11.6 Å². The Kier molecular flexibility index (Phi) is 4.87. The molecule has 18 heavy (non-hydrogen) atoms. The lowest BCUT2D eigenvalue weighted by Gasteiger charge is -2.33. The van der Waals surface area contributed by atoms with Crippen LogP contribution in [0, 0.1) is 11.7 Å². The molecule has 2 rings (SSSR count). The Labute approximate surface area is 114 Å². The molecule has 1 aromatic rings. The van der Waals surface area contributed by atoms with Gasteiger partial charge in [0.15, 0.2) is 0 Å². The monoisotopic (exact) mass is 269 g/mol. The lowest BCUT2D eigenvalue weighted by atomic mass is 9.92. The van der Waals surface area contributed by atoms with Crippen LogP contribution in [0.2, 0.25) is 0 Å². The van der Waals surface area contributed by atoms with Gasteiger partial charge in [0.25, 0.3) is 0 Å². The number of piperidine rings is 1. The van der Waals surface area contributed by atoms with E-state index in [4.69, 9.17) is 11.6 Å². The van der Waals surface area contributed by atoms with E-state index in [0.29, 0.717) is 5.88 Å². The molecular weight excluding hydrogens is 249 g/mol. The van der Waals surface area contributed by atoms with Crippen molar-refractivity contribution in [2.45, 2.75) is 38.5 Å². The first kappa shape index (κ1) is 13.7. The number of alkyl halides is 1. The van der Waals surface area contributed by atoms with E-state index in [1.165, 1.54) is 25.7 Å². The van der Waals surface area contributed by atoms with Crippen LogP contribution in [0.5, 0.6) is 0 Å².